The van der Waals surface area contributed by atoms with Gasteiger partial charge in [0.2, 0.25) is 5.91 Å². The Hall–Kier alpha value is -1.39. The fourth-order valence-electron chi connectivity index (χ4n) is 4.29. The predicted octanol–water partition coefficient (Wildman–Crippen LogP) is 0.302. The molecular weight excluding hydrogens is 390 g/mol. The lowest BCUT2D eigenvalue weighted by Gasteiger charge is -2.46. The second kappa shape index (κ2) is 7.21. The molecule has 2 fully saturated rings. The molecule has 0 aromatic rings. The number of nitrogens with zero attached hydrogens (tertiary/aromatic N) is 2. The van der Waals surface area contributed by atoms with Crippen LogP contribution < -0.4 is 0 Å². The number of carbonyl (C=O) groups is 2. The van der Waals surface area contributed by atoms with E-state index in [1.807, 2.05) is 11.8 Å². The number of carboxylic acid groups (broad SMARTS) is 1. The minimum atomic E-state index is -1.16. The van der Waals surface area contributed by atoms with Crippen molar-refractivity contribution in [3.63, 3.8) is 0 Å². The molecule has 3 rings (SSSR count). The number of β-lactam (4-membered cyclic amide) rings is 1. The molecule has 3 aliphatic rings. The Kier molecular flexibility index (Phi) is 5.44. The van der Waals surface area contributed by atoms with Gasteiger partial charge in [-0.25, -0.2) is 4.79 Å². The minimum Gasteiger partial charge on any atom is -0.477 e. The van der Waals surface area contributed by atoms with Gasteiger partial charge in [-0.2, -0.15) is 0 Å². The number of fused-ring (bicyclic) bond motifs is 1. The van der Waals surface area contributed by atoms with Crippen molar-refractivity contribution in [2.24, 2.45) is 11.8 Å². The number of amidine groups is 1. The molecule has 3 heterocycles. The summed E-state index contributed by atoms with van der Waals surface area (Å²) in [6.07, 6.45) is 0.796. The third kappa shape index (κ3) is 3.21. The van der Waals surface area contributed by atoms with Crippen LogP contribution in [-0.4, -0.2) is 83.9 Å². The number of hydrogen-bond donors (Lipinski definition) is 3. The highest BCUT2D eigenvalue weighted by Crippen LogP contribution is 2.52. The van der Waals surface area contributed by atoms with Crippen molar-refractivity contribution in [1.29, 1.82) is 5.41 Å². The molecule has 7 atom stereocenters. The molecule has 3 aliphatic heterocycles. The predicted molar refractivity (Wildman–Crippen MR) is 104 cm³/mol. The van der Waals surface area contributed by atoms with Gasteiger partial charge in [0.15, 0.2) is 0 Å². The Bertz CT molecular complexity index is 753. The van der Waals surface area contributed by atoms with Crippen LogP contribution in [0.4, 0.5) is 0 Å². The van der Waals surface area contributed by atoms with Crippen molar-refractivity contribution < 1.29 is 24.0 Å². The summed E-state index contributed by atoms with van der Waals surface area (Å²) in [4.78, 5) is 28.1. The van der Waals surface area contributed by atoms with E-state index >= 15 is 0 Å². The van der Waals surface area contributed by atoms with Crippen molar-refractivity contribution in [2.45, 2.75) is 43.4 Å². The average molecular weight is 416 g/mol. The van der Waals surface area contributed by atoms with Crippen molar-refractivity contribution in [3.8, 4) is 0 Å². The summed E-state index contributed by atoms with van der Waals surface area (Å²) in [5, 5.41) is 27.2. The number of rotatable bonds is 5. The molecule has 27 heavy (non-hydrogen) atoms. The Morgan fingerprint density at radius 1 is 1.41 bits per heavy atom. The quantitative estimate of drug-likeness (QED) is 0.335. The van der Waals surface area contributed by atoms with Crippen LogP contribution in [0.2, 0.25) is 0 Å². The molecule has 10 heteroatoms. The second-order valence-electron chi connectivity index (χ2n) is 7.46. The van der Waals surface area contributed by atoms with Crippen molar-refractivity contribution in [2.75, 3.05) is 19.3 Å². The lowest BCUT2D eigenvalue weighted by atomic mass is 9.79. The molecule has 2 saturated heterocycles. The van der Waals surface area contributed by atoms with Gasteiger partial charge in [-0.1, -0.05) is 6.92 Å². The van der Waals surface area contributed by atoms with E-state index in [2.05, 4.69) is 0 Å². The molecule has 0 radical (unpaired) electrons. The standard InChI is InChI=1S/C17H25N3O5S2/c1-7-13-12(8(2)21)16(22)20(13)14(17(23)24)15(7)26-10-5-19(9(3)18)6-11(10)27(4)25/h7-8,10-13,18,21H,5-6H2,1-4H3,(H,23,24)/t7?,8?,10?,11?,12?,13-,27?/m1/s1. The van der Waals surface area contributed by atoms with E-state index in [9.17, 15) is 24.0 Å². The van der Waals surface area contributed by atoms with E-state index in [1.165, 1.54) is 16.7 Å². The first kappa shape index (κ1) is 20.3. The molecule has 0 aromatic heterocycles. The van der Waals surface area contributed by atoms with Crippen LogP contribution >= 0.6 is 11.8 Å². The van der Waals surface area contributed by atoms with E-state index in [-0.39, 0.29) is 34.1 Å². The number of carboxylic acids is 1. The first-order valence-corrected chi connectivity index (χ1v) is 11.3. The van der Waals surface area contributed by atoms with Crippen LogP contribution in [0.3, 0.4) is 0 Å². The summed E-state index contributed by atoms with van der Waals surface area (Å²) in [6.45, 7) is 6.13. The summed E-state index contributed by atoms with van der Waals surface area (Å²) in [5.74, 6) is -1.91. The minimum absolute atomic E-state index is 0.00920. The number of thioether (sulfide) groups is 1. The Balaban J connectivity index is 1.91. The number of likely N-dealkylation sites (tertiary alicyclic amines) is 1. The maximum atomic E-state index is 12.4. The lowest BCUT2D eigenvalue weighted by Crippen LogP contribution is -2.63. The molecule has 0 saturated carbocycles. The number of carbonyl (C=O) groups excluding carboxylic acids is 1. The van der Waals surface area contributed by atoms with Crippen LogP contribution in [0, 0.1) is 17.2 Å². The third-order valence-corrected chi connectivity index (χ3v) is 8.81. The summed E-state index contributed by atoms with van der Waals surface area (Å²) in [6, 6.07) is -0.348. The number of aliphatic hydroxyl groups is 1. The van der Waals surface area contributed by atoms with E-state index < -0.39 is 28.8 Å². The Morgan fingerprint density at radius 3 is 2.52 bits per heavy atom. The Labute approximate surface area is 164 Å². The summed E-state index contributed by atoms with van der Waals surface area (Å²) in [5.41, 5.74) is -0.00920. The Morgan fingerprint density at radius 2 is 2.04 bits per heavy atom. The molecule has 0 aliphatic carbocycles. The smallest absolute Gasteiger partial charge is 0.353 e. The van der Waals surface area contributed by atoms with Gasteiger partial charge in [-0.15, -0.1) is 11.8 Å². The monoisotopic (exact) mass is 415 g/mol. The first-order chi connectivity index (χ1) is 12.6. The van der Waals surface area contributed by atoms with Gasteiger partial charge in [-0.3, -0.25) is 14.4 Å². The molecular formula is C17H25N3O5S2. The molecule has 6 unspecified atom stereocenters. The first-order valence-electron chi connectivity index (χ1n) is 8.83. The maximum Gasteiger partial charge on any atom is 0.353 e. The highest BCUT2D eigenvalue weighted by atomic mass is 32.2. The molecule has 0 bridgehead atoms. The highest BCUT2D eigenvalue weighted by Gasteiger charge is 2.60. The van der Waals surface area contributed by atoms with Gasteiger partial charge in [0.05, 0.1) is 29.1 Å². The summed E-state index contributed by atoms with van der Waals surface area (Å²) >= 11 is 1.37. The molecule has 150 valence electrons. The molecule has 8 nitrogen and oxygen atoms in total. The van der Waals surface area contributed by atoms with Gasteiger partial charge < -0.3 is 20.0 Å². The number of hydrogen-bond acceptors (Lipinski definition) is 6. The fraction of sp³-hybridized carbons (Fsp3) is 0.706. The zero-order valence-corrected chi connectivity index (χ0v) is 17.3. The summed E-state index contributed by atoms with van der Waals surface area (Å²) in [7, 11) is -1.11. The largest absolute Gasteiger partial charge is 0.477 e. The van der Waals surface area contributed by atoms with E-state index in [0.717, 1.165) is 0 Å². The third-order valence-electron chi connectivity index (χ3n) is 5.71. The van der Waals surface area contributed by atoms with Crippen LogP contribution in [0.5, 0.6) is 0 Å². The fourth-order valence-corrected chi connectivity index (χ4v) is 7.30. The SMILES string of the molecule is CC(=N)N1CC(SC2=C(C(=O)O)N3C(=O)C(C(C)O)[C@H]3C2C)C(S(C)=O)C1. The van der Waals surface area contributed by atoms with Crippen LogP contribution in [0.15, 0.2) is 10.6 Å². The normalized spacial score (nSPS) is 35.1. The van der Waals surface area contributed by atoms with Gasteiger partial charge in [0, 0.05) is 46.2 Å². The van der Waals surface area contributed by atoms with Gasteiger partial charge in [-0.05, 0) is 13.8 Å². The topological polar surface area (TPSA) is 122 Å². The number of amides is 1. The van der Waals surface area contributed by atoms with E-state index in [0.29, 0.717) is 23.8 Å². The average Bonchev–Trinajstić information content (AvgIpc) is 3.07. The number of aliphatic hydroxyl groups excluding tert-OH is 1. The number of aliphatic carboxylic acids is 1. The lowest BCUT2D eigenvalue weighted by molar-refractivity contribution is -0.163. The van der Waals surface area contributed by atoms with E-state index in [4.69, 9.17) is 5.41 Å². The molecule has 3 N–H and O–H groups in total. The number of nitrogens with one attached hydrogen (secondary N) is 1. The zero-order valence-electron chi connectivity index (χ0n) is 15.7. The summed E-state index contributed by atoms with van der Waals surface area (Å²) < 4.78 is 12.2. The van der Waals surface area contributed by atoms with Crippen LogP contribution in [0.25, 0.3) is 0 Å². The second-order valence-corrected chi connectivity index (χ2v) is 10.3. The van der Waals surface area contributed by atoms with Crippen molar-refractivity contribution >= 4 is 40.3 Å². The van der Waals surface area contributed by atoms with Crippen molar-refractivity contribution in [1.82, 2.24) is 9.80 Å². The zero-order chi connectivity index (χ0) is 20.2. The van der Waals surface area contributed by atoms with Gasteiger partial charge >= 0.3 is 5.97 Å². The van der Waals surface area contributed by atoms with Gasteiger partial charge in [0.25, 0.3) is 0 Å². The maximum absolute atomic E-state index is 12.4. The molecule has 0 aromatic carbocycles. The highest BCUT2D eigenvalue weighted by molar-refractivity contribution is 8.04. The van der Waals surface area contributed by atoms with E-state index in [1.54, 1.807) is 20.1 Å². The van der Waals surface area contributed by atoms with Crippen LogP contribution in [-0.2, 0) is 20.4 Å². The van der Waals surface area contributed by atoms with Crippen LogP contribution in [0.1, 0.15) is 20.8 Å². The van der Waals surface area contributed by atoms with Crippen molar-refractivity contribution in [3.05, 3.63) is 10.6 Å². The molecule has 1 amide bonds. The molecule has 0 spiro atoms. The van der Waals surface area contributed by atoms with Gasteiger partial charge in [0.1, 0.15) is 5.70 Å².